The van der Waals surface area contributed by atoms with E-state index in [2.05, 4.69) is 101 Å². The first-order valence-corrected chi connectivity index (χ1v) is 10.1. The first-order chi connectivity index (χ1) is 13.9. The van der Waals surface area contributed by atoms with E-state index in [-0.39, 0.29) is 0 Å². The molecule has 0 spiro atoms. The lowest BCUT2D eigenvalue weighted by Gasteiger charge is -2.18. The Morgan fingerprint density at radius 1 is 0.750 bits per heavy atom. The summed E-state index contributed by atoms with van der Waals surface area (Å²) in [5.41, 5.74) is 4.81. The fourth-order valence-electron chi connectivity index (χ4n) is 3.89. The van der Waals surface area contributed by atoms with Crippen molar-refractivity contribution in [2.45, 2.75) is 26.3 Å². The maximum atomic E-state index is 3.52. The van der Waals surface area contributed by atoms with Gasteiger partial charge in [-0.15, -0.1) is 0 Å². The van der Waals surface area contributed by atoms with Crippen LogP contribution in [0.2, 0.25) is 0 Å². The van der Waals surface area contributed by atoms with Crippen molar-refractivity contribution < 1.29 is 0 Å². The zero-order chi connectivity index (χ0) is 19.3. The molecule has 1 aliphatic carbocycles. The average Bonchev–Trinajstić information content (AvgIpc) is 3.10. The summed E-state index contributed by atoms with van der Waals surface area (Å²) < 4.78 is 2.47. The number of rotatable bonds is 3. The number of anilines is 2. The smallest absolute Gasteiger partial charge is 0.0560 e. The van der Waals surface area contributed by atoms with Crippen LogP contribution in [-0.2, 0) is 0 Å². The first-order valence-electron chi connectivity index (χ1n) is 10.1. The fourth-order valence-corrected chi connectivity index (χ4v) is 3.89. The minimum absolute atomic E-state index is 0.371. The molecule has 1 unspecified atom stereocenters. The van der Waals surface area contributed by atoms with Gasteiger partial charge in [0.1, 0.15) is 0 Å². The molecule has 1 aliphatic rings. The predicted molar refractivity (Wildman–Crippen MR) is 122 cm³/mol. The van der Waals surface area contributed by atoms with Crippen LogP contribution in [0.5, 0.6) is 0 Å². The van der Waals surface area contributed by atoms with E-state index in [0.29, 0.717) is 6.04 Å². The molecule has 0 saturated carbocycles. The summed E-state index contributed by atoms with van der Waals surface area (Å²) in [6.07, 6.45) is 9.86. The molecule has 5 rings (SSSR count). The summed E-state index contributed by atoms with van der Waals surface area (Å²) in [4.78, 5) is 0. The zero-order valence-electron chi connectivity index (χ0n) is 16.5. The second-order valence-electron chi connectivity index (χ2n) is 6.73. The van der Waals surface area contributed by atoms with Gasteiger partial charge in [-0.25, -0.2) is 0 Å². The fraction of sp³-hybridized carbons (Fsp3) is 0.154. The van der Waals surface area contributed by atoms with Crippen molar-refractivity contribution in [2.24, 2.45) is 0 Å². The normalized spacial score (nSPS) is 15.4. The second kappa shape index (κ2) is 8.18. The van der Waals surface area contributed by atoms with Crippen LogP contribution >= 0.6 is 0 Å². The third kappa shape index (κ3) is 3.34. The van der Waals surface area contributed by atoms with Gasteiger partial charge in [0.25, 0.3) is 0 Å². The van der Waals surface area contributed by atoms with Crippen molar-refractivity contribution in [3.05, 3.63) is 97.1 Å². The number of aromatic nitrogens is 1. The van der Waals surface area contributed by atoms with Crippen LogP contribution in [0, 0.1) is 0 Å². The molecule has 3 aromatic carbocycles. The average molecular weight is 367 g/mol. The van der Waals surface area contributed by atoms with Gasteiger partial charge < -0.3 is 9.88 Å². The number of allylic oxidation sites excluding steroid dienone is 4. The number of benzene rings is 3. The molecule has 0 amide bonds. The third-order valence-corrected chi connectivity index (χ3v) is 5.06. The lowest BCUT2D eigenvalue weighted by Crippen LogP contribution is -2.06. The molecule has 140 valence electrons. The van der Waals surface area contributed by atoms with Crippen molar-refractivity contribution in [1.82, 2.24) is 4.57 Å². The topological polar surface area (TPSA) is 17.0 Å². The minimum Gasteiger partial charge on any atom is -0.356 e. The van der Waals surface area contributed by atoms with Gasteiger partial charge in [0.05, 0.1) is 6.04 Å². The summed E-state index contributed by atoms with van der Waals surface area (Å²) >= 11 is 0. The lowest BCUT2D eigenvalue weighted by molar-refractivity contribution is 0.648. The molecule has 2 nitrogen and oxygen atoms in total. The number of para-hydroxylation sites is 2. The van der Waals surface area contributed by atoms with Crippen molar-refractivity contribution in [3.8, 4) is 0 Å². The second-order valence-corrected chi connectivity index (χ2v) is 6.73. The van der Waals surface area contributed by atoms with Gasteiger partial charge in [0.15, 0.2) is 0 Å². The van der Waals surface area contributed by atoms with E-state index in [1.807, 2.05) is 19.9 Å². The van der Waals surface area contributed by atoms with Crippen LogP contribution in [-0.4, -0.2) is 4.57 Å². The zero-order valence-corrected chi connectivity index (χ0v) is 16.5. The van der Waals surface area contributed by atoms with Gasteiger partial charge in [-0.1, -0.05) is 74.5 Å². The molecule has 2 heteroatoms. The number of fused-ring (bicyclic) bond motifs is 3. The van der Waals surface area contributed by atoms with Gasteiger partial charge in [-0.2, -0.15) is 0 Å². The molecule has 1 aromatic heterocycles. The van der Waals surface area contributed by atoms with Crippen molar-refractivity contribution in [3.63, 3.8) is 0 Å². The van der Waals surface area contributed by atoms with Crippen molar-refractivity contribution in [1.29, 1.82) is 0 Å². The quantitative estimate of drug-likeness (QED) is 0.394. The summed E-state index contributed by atoms with van der Waals surface area (Å²) in [7, 11) is 0. The van der Waals surface area contributed by atoms with E-state index in [4.69, 9.17) is 0 Å². The highest BCUT2D eigenvalue weighted by Gasteiger charge is 2.16. The summed E-state index contributed by atoms with van der Waals surface area (Å²) in [6, 6.07) is 26.1. The Balaban J connectivity index is 0.000000932. The highest BCUT2D eigenvalue weighted by molar-refractivity contribution is 6.09. The van der Waals surface area contributed by atoms with E-state index >= 15 is 0 Å². The van der Waals surface area contributed by atoms with Crippen LogP contribution in [0.25, 0.3) is 21.8 Å². The standard InChI is InChI=1S/C24H20N2.C2H6/c1-3-9-18(10-4-1)25-19-15-16-24-22(17-19)21-13-7-8-14-23(21)26(24)20-11-5-2-6-12-20;1-2/h1-11,13-17,20,25H,12H2;1-2H3. The van der Waals surface area contributed by atoms with Gasteiger partial charge >= 0.3 is 0 Å². The molecule has 0 aliphatic heterocycles. The van der Waals surface area contributed by atoms with E-state index in [1.54, 1.807) is 0 Å². The Morgan fingerprint density at radius 3 is 2.29 bits per heavy atom. The molecule has 1 heterocycles. The Bertz CT molecular complexity index is 1130. The molecular formula is C26H26N2. The molecule has 1 N–H and O–H groups in total. The molecule has 28 heavy (non-hydrogen) atoms. The Hall–Kier alpha value is -3.26. The number of nitrogens with one attached hydrogen (secondary N) is 1. The first kappa shape index (κ1) is 18.1. The summed E-state index contributed by atoms with van der Waals surface area (Å²) in [6.45, 7) is 4.00. The van der Waals surface area contributed by atoms with Gasteiger partial charge in [0.2, 0.25) is 0 Å². The van der Waals surface area contributed by atoms with Crippen LogP contribution in [0.15, 0.2) is 97.1 Å². The summed E-state index contributed by atoms with van der Waals surface area (Å²) in [5, 5.41) is 6.12. The highest BCUT2D eigenvalue weighted by atomic mass is 15.0. The van der Waals surface area contributed by atoms with Crippen molar-refractivity contribution in [2.75, 3.05) is 5.32 Å². The van der Waals surface area contributed by atoms with Gasteiger partial charge in [0, 0.05) is 33.2 Å². The Labute approximate surface area is 166 Å². The molecule has 0 saturated heterocycles. The monoisotopic (exact) mass is 366 g/mol. The lowest BCUT2D eigenvalue weighted by atomic mass is 10.1. The number of hydrogen-bond donors (Lipinski definition) is 1. The molecule has 1 atom stereocenters. The number of nitrogens with zero attached hydrogens (tertiary/aromatic N) is 1. The van der Waals surface area contributed by atoms with Crippen LogP contribution < -0.4 is 5.32 Å². The molecular weight excluding hydrogens is 340 g/mol. The predicted octanol–water partition coefficient (Wildman–Crippen LogP) is 7.62. The van der Waals surface area contributed by atoms with Crippen molar-refractivity contribution >= 4 is 33.2 Å². The summed E-state index contributed by atoms with van der Waals surface area (Å²) in [5.74, 6) is 0. The highest BCUT2D eigenvalue weighted by Crippen LogP contribution is 2.36. The van der Waals surface area contributed by atoms with Gasteiger partial charge in [-0.05, 0) is 42.8 Å². The molecule has 0 fully saturated rings. The maximum Gasteiger partial charge on any atom is 0.0560 e. The third-order valence-electron chi connectivity index (χ3n) is 5.06. The Morgan fingerprint density at radius 2 is 1.50 bits per heavy atom. The van der Waals surface area contributed by atoms with E-state index in [1.165, 1.54) is 21.8 Å². The van der Waals surface area contributed by atoms with E-state index in [0.717, 1.165) is 17.8 Å². The molecule has 4 aromatic rings. The van der Waals surface area contributed by atoms with Crippen LogP contribution in [0.4, 0.5) is 11.4 Å². The SMILES string of the molecule is C1=CCC(n2c3ccccc3c3cc(Nc4ccccc4)ccc32)C=C1.CC. The number of hydrogen-bond acceptors (Lipinski definition) is 1. The van der Waals surface area contributed by atoms with Crippen LogP contribution in [0.1, 0.15) is 26.3 Å². The van der Waals surface area contributed by atoms with E-state index < -0.39 is 0 Å². The van der Waals surface area contributed by atoms with E-state index in [9.17, 15) is 0 Å². The maximum absolute atomic E-state index is 3.52. The van der Waals surface area contributed by atoms with Gasteiger partial charge in [-0.3, -0.25) is 0 Å². The molecule has 0 bridgehead atoms. The largest absolute Gasteiger partial charge is 0.356 e. The molecule has 0 radical (unpaired) electrons. The Kier molecular flexibility index (Phi) is 5.29. The minimum atomic E-state index is 0.371. The van der Waals surface area contributed by atoms with Crippen LogP contribution in [0.3, 0.4) is 0 Å².